The maximum atomic E-state index is 13.1. The minimum atomic E-state index is -0.272. The summed E-state index contributed by atoms with van der Waals surface area (Å²) >= 11 is 0. The molecule has 35 heavy (non-hydrogen) atoms. The number of piperidine rings is 1. The zero-order valence-electron chi connectivity index (χ0n) is 20.3. The van der Waals surface area contributed by atoms with E-state index >= 15 is 0 Å². The zero-order valence-corrected chi connectivity index (χ0v) is 20.3. The molecule has 9 nitrogen and oxygen atoms in total. The fourth-order valence-electron chi connectivity index (χ4n) is 4.54. The lowest BCUT2D eigenvalue weighted by Gasteiger charge is -2.29. The van der Waals surface area contributed by atoms with Crippen LogP contribution in [0.5, 0.6) is 0 Å². The van der Waals surface area contributed by atoms with Crippen LogP contribution >= 0.6 is 0 Å². The molecule has 1 saturated heterocycles. The van der Waals surface area contributed by atoms with Crippen molar-refractivity contribution in [1.82, 2.24) is 30.0 Å². The van der Waals surface area contributed by atoms with Crippen molar-refractivity contribution in [3.05, 3.63) is 54.7 Å². The molecule has 3 heterocycles. The van der Waals surface area contributed by atoms with Crippen LogP contribution in [0, 0.1) is 5.92 Å². The molecular weight excluding hydrogens is 442 g/mol. The predicted octanol–water partition coefficient (Wildman–Crippen LogP) is 3.20. The average molecular weight is 478 g/mol. The maximum Gasteiger partial charge on any atom is 0.223 e. The number of nitrogens with two attached hydrogens (primary N) is 1. The Labute approximate surface area is 206 Å². The first-order chi connectivity index (χ1) is 17.0. The van der Waals surface area contributed by atoms with Gasteiger partial charge in [-0.25, -0.2) is 9.67 Å². The number of rotatable bonds is 11. The summed E-state index contributed by atoms with van der Waals surface area (Å²) in [5.41, 5.74) is 8.16. The number of aromatic nitrogens is 4. The van der Waals surface area contributed by atoms with Crippen LogP contribution in [-0.4, -0.2) is 56.6 Å². The van der Waals surface area contributed by atoms with Crippen LogP contribution < -0.4 is 11.1 Å². The summed E-state index contributed by atoms with van der Waals surface area (Å²) in [6.45, 7) is 1.88. The first-order valence-corrected chi connectivity index (χ1v) is 12.4. The number of aromatic amines is 1. The number of carbonyl (C=O) groups excluding carboxylic acids is 2. The minimum absolute atomic E-state index is 0.0350. The smallest absolute Gasteiger partial charge is 0.223 e. The third kappa shape index (κ3) is 6.79. The van der Waals surface area contributed by atoms with Gasteiger partial charge in [0.15, 0.2) is 0 Å². The van der Waals surface area contributed by atoms with E-state index in [4.69, 9.17) is 5.73 Å². The van der Waals surface area contributed by atoms with Gasteiger partial charge >= 0.3 is 0 Å². The molecule has 0 aliphatic carbocycles. The molecular formula is C26H35N7O2. The number of imidazole rings is 1. The van der Waals surface area contributed by atoms with Gasteiger partial charge in [-0.1, -0.05) is 25.0 Å². The molecule has 1 fully saturated rings. The summed E-state index contributed by atoms with van der Waals surface area (Å²) in [7, 11) is 2.09. The SMILES string of the molecule is CN1CCC(C(=O)N[C@@H](CCCCCC(N)=O)c2ncc(-c3ccc(-n4cccn4)cc3)[nH]2)CC1. The zero-order chi connectivity index (χ0) is 24.6. The number of unbranched alkanes of at least 4 members (excludes halogenated alkanes) is 2. The molecule has 2 aromatic heterocycles. The number of nitrogens with one attached hydrogen (secondary N) is 2. The Bertz CT molecular complexity index is 1080. The molecule has 0 radical (unpaired) electrons. The predicted molar refractivity (Wildman–Crippen MR) is 135 cm³/mol. The first-order valence-electron chi connectivity index (χ1n) is 12.4. The van der Waals surface area contributed by atoms with Crippen molar-refractivity contribution in [2.45, 2.75) is 51.0 Å². The third-order valence-corrected chi connectivity index (χ3v) is 6.69. The standard InChI is InChI=1S/C26H35N7O2/c1-32-16-12-20(13-17-32)26(35)31-22(6-3-2-4-7-24(27)34)25-28-18-23(30-25)19-8-10-21(11-9-19)33-15-5-14-29-33/h5,8-11,14-15,18,20,22H,2-4,6-7,12-13,16-17H2,1H3,(H2,27,34)(H,28,30)(H,31,35)/t22-/m0/s1. The largest absolute Gasteiger partial charge is 0.370 e. The monoisotopic (exact) mass is 477 g/mol. The van der Waals surface area contributed by atoms with Gasteiger partial charge < -0.3 is 20.9 Å². The number of carbonyl (C=O) groups is 2. The Morgan fingerprint density at radius 1 is 1.17 bits per heavy atom. The molecule has 0 bridgehead atoms. The third-order valence-electron chi connectivity index (χ3n) is 6.69. The Morgan fingerprint density at radius 2 is 1.94 bits per heavy atom. The van der Waals surface area contributed by atoms with Crippen LogP contribution in [0.4, 0.5) is 0 Å². The van der Waals surface area contributed by atoms with Gasteiger partial charge in [-0.2, -0.15) is 5.10 Å². The fourth-order valence-corrected chi connectivity index (χ4v) is 4.54. The highest BCUT2D eigenvalue weighted by Crippen LogP contribution is 2.25. The van der Waals surface area contributed by atoms with Gasteiger partial charge in [0, 0.05) is 24.7 Å². The summed E-state index contributed by atoms with van der Waals surface area (Å²) in [6, 6.07) is 9.78. The summed E-state index contributed by atoms with van der Waals surface area (Å²) in [6.07, 6.45) is 10.9. The van der Waals surface area contributed by atoms with Crippen molar-refractivity contribution in [3.63, 3.8) is 0 Å². The number of hydrogen-bond acceptors (Lipinski definition) is 5. The van der Waals surface area contributed by atoms with Gasteiger partial charge in [0.1, 0.15) is 5.82 Å². The number of likely N-dealkylation sites (tertiary alicyclic amines) is 1. The lowest BCUT2D eigenvalue weighted by atomic mass is 9.95. The lowest BCUT2D eigenvalue weighted by molar-refractivity contribution is -0.127. The van der Waals surface area contributed by atoms with Crippen LogP contribution in [-0.2, 0) is 9.59 Å². The molecule has 0 unspecified atom stereocenters. The number of primary amides is 1. The Morgan fingerprint density at radius 3 is 2.63 bits per heavy atom. The van der Waals surface area contributed by atoms with Gasteiger partial charge in [-0.05, 0) is 69.6 Å². The van der Waals surface area contributed by atoms with Crippen molar-refractivity contribution in [1.29, 1.82) is 0 Å². The Balaban J connectivity index is 1.43. The van der Waals surface area contributed by atoms with E-state index in [0.717, 1.165) is 74.4 Å². The van der Waals surface area contributed by atoms with E-state index in [2.05, 4.69) is 32.3 Å². The summed E-state index contributed by atoms with van der Waals surface area (Å²) in [5.74, 6) is 0.619. The van der Waals surface area contributed by atoms with Gasteiger partial charge in [0.2, 0.25) is 11.8 Å². The molecule has 186 valence electrons. The van der Waals surface area contributed by atoms with E-state index in [9.17, 15) is 9.59 Å². The van der Waals surface area contributed by atoms with Crippen LogP contribution in [0.2, 0.25) is 0 Å². The van der Waals surface area contributed by atoms with E-state index in [1.54, 1.807) is 6.20 Å². The molecule has 1 aliphatic rings. The van der Waals surface area contributed by atoms with Gasteiger partial charge in [0.05, 0.1) is 23.6 Å². The molecule has 0 spiro atoms. The molecule has 1 aromatic carbocycles. The fraction of sp³-hybridized carbons (Fsp3) is 0.462. The minimum Gasteiger partial charge on any atom is -0.370 e. The number of nitrogens with zero attached hydrogens (tertiary/aromatic N) is 4. The van der Waals surface area contributed by atoms with E-state index in [1.807, 2.05) is 47.4 Å². The summed E-state index contributed by atoms with van der Waals surface area (Å²) < 4.78 is 1.81. The second-order valence-electron chi connectivity index (χ2n) is 9.38. The summed E-state index contributed by atoms with van der Waals surface area (Å²) in [4.78, 5) is 34.4. The molecule has 1 aliphatic heterocycles. The van der Waals surface area contributed by atoms with E-state index in [0.29, 0.717) is 6.42 Å². The maximum absolute atomic E-state index is 13.1. The summed E-state index contributed by atoms with van der Waals surface area (Å²) in [5, 5.41) is 7.52. The van der Waals surface area contributed by atoms with Gasteiger partial charge in [-0.15, -0.1) is 0 Å². The number of hydrogen-bond donors (Lipinski definition) is 3. The van der Waals surface area contributed by atoms with Crippen molar-refractivity contribution >= 4 is 11.8 Å². The molecule has 9 heteroatoms. The van der Waals surface area contributed by atoms with Crippen LogP contribution in [0.15, 0.2) is 48.9 Å². The average Bonchev–Trinajstić information content (AvgIpc) is 3.56. The Hall–Kier alpha value is -3.46. The Kier molecular flexibility index (Phi) is 8.31. The molecule has 4 N–H and O–H groups in total. The van der Waals surface area contributed by atoms with Crippen LogP contribution in [0.1, 0.15) is 56.8 Å². The molecule has 4 rings (SSSR count). The number of amides is 2. The van der Waals surface area contributed by atoms with E-state index < -0.39 is 0 Å². The van der Waals surface area contributed by atoms with E-state index in [1.165, 1.54) is 0 Å². The quantitative estimate of drug-likeness (QED) is 0.366. The second-order valence-corrected chi connectivity index (χ2v) is 9.38. The second kappa shape index (κ2) is 11.8. The number of H-pyrrole nitrogens is 1. The lowest BCUT2D eigenvalue weighted by Crippen LogP contribution is -2.40. The van der Waals surface area contributed by atoms with E-state index in [-0.39, 0.29) is 23.8 Å². The topological polar surface area (TPSA) is 122 Å². The van der Waals surface area contributed by atoms with Crippen molar-refractivity contribution in [3.8, 4) is 16.9 Å². The molecule has 1 atom stereocenters. The van der Waals surface area contributed by atoms with Crippen molar-refractivity contribution < 1.29 is 9.59 Å². The van der Waals surface area contributed by atoms with Gasteiger partial charge in [0.25, 0.3) is 0 Å². The van der Waals surface area contributed by atoms with Crippen LogP contribution in [0.3, 0.4) is 0 Å². The van der Waals surface area contributed by atoms with Crippen molar-refractivity contribution in [2.24, 2.45) is 11.7 Å². The first kappa shape index (κ1) is 24.7. The van der Waals surface area contributed by atoms with Crippen molar-refractivity contribution in [2.75, 3.05) is 20.1 Å². The number of benzene rings is 1. The van der Waals surface area contributed by atoms with Crippen LogP contribution in [0.25, 0.3) is 16.9 Å². The molecule has 0 saturated carbocycles. The molecule has 2 amide bonds. The highest BCUT2D eigenvalue weighted by molar-refractivity contribution is 5.79. The molecule has 3 aromatic rings. The highest BCUT2D eigenvalue weighted by atomic mass is 16.2. The normalized spacial score (nSPS) is 15.7. The highest BCUT2D eigenvalue weighted by Gasteiger charge is 2.26. The van der Waals surface area contributed by atoms with Gasteiger partial charge in [-0.3, -0.25) is 9.59 Å².